The Morgan fingerprint density at radius 2 is 1.68 bits per heavy atom. The Morgan fingerprint density at radius 1 is 0.968 bits per heavy atom. The molecule has 0 spiro atoms. The third-order valence-corrected chi connectivity index (χ3v) is 4.75. The summed E-state index contributed by atoms with van der Waals surface area (Å²) < 4.78 is 49.7. The Bertz CT molecular complexity index is 1050. The highest BCUT2D eigenvalue weighted by Gasteiger charge is 2.39. The Labute approximate surface area is 177 Å². The van der Waals surface area contributed by atoms with Crippen molar-refractivity contribution in [3.05, 3.63) is 59.3 Å². The van der Waals surface area contributed by atoms with Gasteiger partial charge in [0.2, 0.25) is 0 Å². The van der Waals surface area contributed by atoms with Crippen molar-refractivity contribution in [1.82, 2.24) is 4.90 Å². The van der Waals surface area contributed by atoms with E-state index in [9.17, 15) is 22.8 Å². The number of ether oxygens (including phenoxy) is 2. The van der Waals surface area contributed by atoms with Crippen molar-refractivity contribution in [2.75, 3.05) is 26.1 Å². The fraction of sp³-hybridized carbons (Fsp3) is 0.273. The van der Waals surface area contributed by atoms with Crippen molar-refractivity contribution in [2.24, 2.45) is 0 Å². The molecule has 1 N–H and O–H groups in total. The molecule has 0 saturated carbocycles. The molecule has 3 rings (SSSR count). The van der Waals surface area contributed by atoms with E-state index >= 15 is 0 Å². The molecule has 1 aliphatic rings. The summed E-state index contributed by atoms with van der Waals surface area (Å²) in [5.74, 6) is -0.357. The van der Waals surface area contributed by atoms with Gasteiger partial charge in [0.1, 0.15) is 5.70 Å². The van der Waals surface area contributed by atoms with Crippen LogP contribution in [0.3, 0.4) is 0 Å². The molecule has 6 nitrogen and oxygen atoms in total. The topological polar surface area (TPSA) is 67.9 Å². The van der Waals surface area contributed by atoms with Crippen LogP contribution in [0.2, 0.25) is 0 Å². The van der Waals surface area contributed by atoms with Crippen molar-refractivity contribution in [1.29, 1.82) is 0 Å². The molecular weight excluding hydrogens is 413 g/mol. The molecule has 0 saturated heterocycles. The van der Waals surface area contributed by atoms with E-state index in [0.29, 0.717) is 23.5 Å². The van der Waals surface area contributed by atoms with Gasteiger partial charge in [-0.3, -0.25) is 14.5 Å². The van der Waals surface area contributed by atoms with Gasteiger partial charge in [0.25, 0.3) is 11.8 Å². The molecule has 2 amide bonds. The highest BCUT2D eigenvalue weighted by atomic mass is 19.4. The van der Waals surface area contributed by atoms with E-state index in [2.05, 4.69) is 5.32 Å². The summed E-state index contributed by atoms with van der Waals surface area (Å²) in [6, 6.07) is 9.16. The fourth-order valence-corrected chi connectivity index (χ4v) is 3.30. The van der Waals surface area contributed by atoms with Gasteiger partial charge >= 0.3 is 6.18 Å². The third kappa shape index (κ3) is 4.35. The molecule has 0 aromatic heterocycles. The predicted molar refractivity (Wildman–Crippen MR) is 109 cm³/mol. The Hall–Kier alpha value is -3.49. The lowest BCUT2D eigenvalue weighted by atomic mass is 10.0. The van der Waals surface area contributed by atoms with Crippen LogP contribution in [0.25, 0.3) is 5.57 Å². The van der Waals surface area contributed by atoms with Crippen molar-refractivity contribution in [3.8, 4) is 11.5 Å². The molecule has 164 valence electrons. The van der Waals surface area contributed by atoms with Gasteiger partial charge in [0.05, 0.1) is 25.4 Å². The summed E-state index contributed by atoms with van der Waals surface area (Å²) >= 11 is 0. The number of amides is 2. The molecular formula is C22H21F3N2O4. The van der Waals surface area contributed by atoms with E-state index in [4.69, 9.17) is 9.47 Å². The normalized spacial score (nSPS) is 14.3. The number of benzene rings is 2. The van der Waals surface area contributed by atoms with Crippen LogP contribution in [0.1, 0.15) is 24.5 Å². The number of imide groups is 1. The number of halogens is 3. The second kappa shape index (κ2) is 8.71. The van der Waals surface area contributed by atoms with Crippen LogP contribution in [-0.4, -0.2) is 37.5 Å². The van der Waals surface area contributed by atoms with Crippen LogP contribution in [0.15, 0.2) is 48.2 Å². The molecule has 0 radical (unpaired) electrons. The molecule has 1 heterocycles. The quantitative estimate of drug-likeness (QED) is 0.658. The minimum atomic E-state index is -4.54. The number of alkyl halides is 3. The minimum Gasteiger partial charge on any atom is -0.493 e. The molecule has 0 fully saturated rings. The van der Waals surface area contributed by atoms with Gasteiger partial charge in [-0.1, -0.05) is 19.1 Å². The highest BCUT2D eigenvalue weighted by Crippen LogP contribution is 2.36. The SMILES string of the molecule is CCCN1C(=O)C(Nc2cccc(C(F)(F)F)c2)=C(c2ccc(OC)c(OC)c2)C1=O. The first kappa shape index (κ1) is 22.2. The number of nitrogens with one attached hydrogen (secondary N) is 1. The molecule has 2 aromatic carbocycles. The minimum absolute atomic E-state index is 0.0438. The number of nitrogens with zero attached hydrogens (tertiary/aromatic N) is 1. The first-order valence-corrected chi connectivity index (χ1v) is 9.48. The van der Waals surface area contributed by atoms with Crippen LogP contribution in [0, 0.1) is 0 Å². The van der Waals surface area contributed by atoms with E-state index in [-0.39, 0.29) is 23.5 Å². The van der Waals surface area contributed by atoms with E-state index in [0.717, 1.165) is 17.0 Å². The zero-order chi connectivity index (χ0) is 22.8. The lowest BCUT2D eigenvalue weighted by Gasteiger charge is -2.14. The summed E-state index contributed by atoms with van der Waals surface area (Å²) in [6.07, 6.45) is -4.00. The van der Waals surface area contributed by atoms with E-state index in [1.165, 1.54) is 26.4 Å². The fourth-order valence-electron chi connectivity index (χ4n) is 3.30. The van der Waals surface area contributed by atoms with Crippen LogP contribution in [0.4, 0.5) is 18.9 Å². The van der Waals surface area contributed by atoms with Crippen molar-refractivity contribution >= 4 is 23.1 Å². The number of rotatable bonds is 7. The summed E-state index contributed by atoms with van der Waals surface area (Å²) in [5, 5.41) is 2.73. The van der Waals surface area contributed by atoms with E-state index in [1.54, 1.807) is 18.2 Å². The zero-order valence-electron chi connectivity index (χ0n) is 17.2. The number of hydrogen-bond donors (Lipinski definition) is 1. The summed E-state index contributed by atoms with van der Waals surface area (Å²) in [5.41, 5.74) is -0.485. The average molecular weight is 434 g/mol. The van der Waals surface area contributed by atoms with Crippen LogP contribution >= 0.6 is 0 Å². The zero-order valence-corrected chi connectivity index (χ0v) is 17.2. The van der Waals surface area contributed by atoms with Gasteiger partial charge in [0, 0.05) is 12.2 Å². The Balaban J connectivity index is 2.11. The monoisotopic (exact) mass is 434 g/mol. The maximum atomic E-state index is 13.1. The molecule has 0 atom stereocenters. The van der Waals surface area contributed by atoms with Crippen LogP contribution < -0.4 is 14.8 Å². The molecule has 31 heavy (non-hydrogen) atoms. The number of hydrogen-bond acceptors (Lipinski definition) is 5. The van der Waals surface area contributed by atoms with E-state index < -0.39 is 23.6 Å². The smallest absolute Gasteiger partial charge is 0.416 e. The largest absolute Gasteiger partial charge is 0.493 e. The summed E-state index contributed by atoms with van der Waals surface area (Å²) in [6.45, 7) is 2.00. The molecule has 2 aromatic rings. The molecule has 0 bridgehead atoms. The van der Waals surface area contributed by atoms with Crippen LogP contribution in [-0.2, 0) is 15.8 Å². The second-order valence-electron chi connectivity index (χ2n) is 6.79. The first-order valence-electron chi connectivity index (χ1n) is 9.48. The van der Waals surface area contributed by atoms with Gasteiger partial charge in [-0.15, -0.1) is 0 Å². The van der Waals surface area contributed by atoms with Gasteiger partial charge in [0.15, 0.2) is 11.5 Å². The number of carbonyl (C=O) groups is 2. The van der Waals surface area contributed by atoms with Crippen molar-refractivity contribution in [3.63, 3.8) is 0 Å². The second-order valence-corrected chi connectivity index (χ2v) is 6.79. The highest BCUT2D eigenvalue weighted by molar-refractivity contribution is 6.36. The number of carbonyl (C=O) groups excluding carboxylic acids is 2. The number of methoxy groups -OCH3 is 2. The van der Waals surface area contributed by atoms with Gasteiger partial charge in [-0.25, -0.2) is 0 Å². The van der Waals surface area contributed by atoms with Crippen molar-refractivity contribution in [2.45, 2.75) is 19.5 Å². The Kier molecular flexibility index (Phi) is 6.24. The van der Waals surface area contributed by atoms with Crippen molar-refractivity contribution < 1.29 is 32.2 Å². The standard InChI is InChI=1S/C22H21F3N2O4/c1-4-10-27-20(28)18(13-8-9-16(30-2)17(11-13)31-3)19(21(27)29)26-15-7-5-6-14(12-15)22(23,24)25/h5-9,11-12,26H,4,10H2,1-3H3. The van der Waals surface area contributed by atoms with Gasteiger partial charge in [-0.2, -0.15) is 13.2 Å². The average Bonchev–Trinajstić information content (AvgIpc) is 2.97. The molecule has 1 aliphatic heterocycles. The van der Waals surface area contributed by atoms with Gasteiger partial charge < -0.3 is 14.8 Å². The lowest BCUT2D eigenvalue weighted by molar-refractivity contribution is -0.138. The van der Waals surface area contributed by atoms with Crippen LogP contribution in [0.5, 0.6) is 11.5 Å². The number of anilines is 1. The van der Waals surface area contributed by atoms with Gasteiger partial charge in [-0.05, 0) is 42.3 Å². The summed E-state index contributed by atoms with van der Waals surface area (Å²) in [4.78, 5) is 27.1. The third-order valence-electron chi connectivity index (χ3n) is 4.75. The predicted octanol–water partition coefficient (Wildman–Crippen LogP) is 4.32. The molecule has 0 aliphatic carbocycles. The van der Waals surface area contributed by atoms with E-state index in [1.807, 2.05) is 6.92 Å². The summed E-state index contributed by atoms with van der Waals surface area (Å²) in [7, 11) is 2.90. The lowest BCUT2D eigenvalue weighted by Crippen LogP contribution is -2.33. The molecule has 0 unspecified atom stereocenters. The first-order chi connectivity index (χ1) is 14.7. The maximum absolute atomic E-state index is 13.1. The Morgan fingerprint density at radius 3 is 2.29 bits per heavy atom. The maximum Gasteiger partial charge on any atom is 0.416 e. The molecule has 9 heteroatoms.